The van der Waals surface area contributed by atoms with Gasteiger partial charge in [-0.1, -0.05) is 20.8 Å². The molecule has 1 aliphatic heterocycles. The Bertz CT molecular complexity index is 152. The van der Waals surface area contributed by atoms with Gasteiger partial charge in [-0.25, -0.2) is 0 Å². The Labute approximate surface area is 89.1 Å². The lowest BCUT2D eigenvalue weighted by molar-refractivity contribution is 0.271. The maximum atomic E-state index is 3.38. The molecular weight excluding hydrogens is 172 g/mol. The molecule has 1 N–H and O–H groups in total. The van der Waals surface area contributed by atoms with E-state index in [1.807, 2.05) is 0 Å². The molecule has 0 aromatic heterocycles. The molecule has 1 saturated heterocycles. The largest absolute Gasteiger partial charge is 0.316 e. The van der Waals surface area contributed by atoms with E-state index in [0.717, 1.165) is 11.8 Å². The highest BCUT2D eigenvalue weighted by Crippen LogP contribution is 2.23. The minimum atomic E-state index is 0.681. The third-order valence-corrected chi connectivity index (χ3v) is 3.63. The summed E-state index contributed by atoms with van der Waals surface area (Å²) in [7, 11) is 2.07. The van der Waals surface area contributed by atoms with Crippen LogP contribution in [0.1, 0.15) is 33.6 Å². The summed E-state index contributed by atoms with van der Waals surface area (Å²) in [5.74, 6) is 1.79. The van der Waals surface area contributed by atoms with Crippen molar-refractivity contribution in [1.82, 2.24) is 10.2 Å². The molecule has 0 bridgehead atoms. The lowest BCUT2D eigenvalue weighted by atomic mass is 9.95. The van der Waals surface area contributed by atoms with Crippen LogP contribution in [0.15, 0.2) is 0 Å². The van der Waals surface area contributed by atoms with E-state index in [-0.39, 0.29) is 0 Å². The molecule has 84 valence electrons. The second-order valence-corrected chi connectivity index (χ2v) is 4.95. The fourth-order valence-electron chi connectivity index (χ4n) is 2.31. The molecule has 1 fully saturated rings. The summed E-state index contributed by atoms with van der Waals surface area (Å²) in [6, 6.07) is 0.681. The first-order valence-corrected chi connectivity index (χ1v) is 6.07. The van der Waals surface area contributed by atoms with Gasteiger partial charge in [-0.2, -0.15) is 0 Å². The summed E-state index contributed by atoms with van der Waals surface area (Å²) in [4.78, 5) is 2.62. The molecule has 0 spiro atoms. The summed E-state index contributed by atoms with van der Waals surface area (Å²) in [6.45, 7) is 10.8. The van der Waals surface area contributed by atoms with Crippen molar-refractivity contribution in [1.29, 1.82) is 0 Å². The van der Waals surface area contributed by atoms with Crippen molar-refractivity contribution in [2.24, 2.45) is 11.8 Å². The molecule has 2 heteroatoms. The van der Waals surface area contributed by atoms with Crippen LogP contribution in [0.2, 0.25) is 0 Å². The van der Waals surface area contributed by atoms with Gasteiger partial charge in [0.1, 0.15) is 0 Å². The average Bonchev–Trinajstić information content (AvgIpc) is 2.62. The number of hydrogen-bond acceptors (Lipinski definition) is 2. The highest BCUT2D eigenvalue weighted by Gasteiger charge is 2.25. The zero-order valence-electron chi connectivity index (χ0n) is 10.2. The Morgan fingerprint density at radius 3 is 2.57 bits per heavy atom. The van der Waals surface area contributed by atoms with E-state index in [1.165, 1.54) is 32.5 Å². The molecule has 0 radical (unpaired) electrons. The van der Waals surface area contributed by atoms with Gasteiger partial charge in [0.15, 0.2) is 0 Å². The molecule has 14 heavy (non-hydrogen) atoms. The number of nitrogens with zero attached hydrogens (tertiary/aromatic N) is 1. The summed E-state index contributed by atoms with van der Waals surface area (Å²) < 4.78 is 0. The lowest BCUT2D eigenvalue weighted by Gasteiger charge is -2.23. The van der Waals surface area contributed by atoms with Crippen LogP contribution in [-0.2, 0) is 0 Å². The van der Waals surface area contributed by atoms with E-state index in [9.17, 15) is 0 Å². The number of nitrogens with one attached hydrogen (secondary N) is 1. The van der Waals surface area contributed by atoms with E-state index < -0.39 is 0 Å². The van der Waals surface area contributed by atoms with E-state index >= 15 is 0 Å². The second-order valence-electron chi connectivity index (χ2n) is 4.95. The average molecular weight is 198 g/mol. The van der Waals surface area contributed by atoms with Gasteiger partial charge >= 0.3 is 0 Å². The summed E-state index contributed by atoms with van der Waals surface area (Å²) in [6.07, 6.45) is 2.64. The van der Waals surface area contributed by atoms with Gasteiger partial charge in [-0.3, -0.25) is 0 Å². The Hall–Kier alpha value is -0.0800. The van der Waals surface area contributed by atoms with Crippen molar-refractivity contribution in [2.75, 3.05) is 26.7 Å². The van der Waals surface area contributed by atoms with Crippen LogP contribution in [0.4, 0.5) is 0 Å². The Morgan fingerprint density at radius 2 is 2.14 bits per heavy atom. The molecule has 0 aromatic carbocycles. The van der Waals surface area contributed by atoms with Crippen molar-refractivity contribution < 1.29 is 0 Å². The summed E-state index contributed by atoms with van der Waals surface area (Å²) in [5.41, 5.74) is 0. The van der Waals surface area contributed by atoms with E-state index in [0.29, 0.717) is 6.04 Å². The van der Waals surface area contributed by atoms with Crippen molar-refractivity contribution >= 4 is 0 Å². The molecule has 0 aromatic rings. The number of likely N-dealkylation sites (N-methyl/N-ethyl adjacent to an activating group) is 1. The van der Waals surface area contributed by atoms with Crippen molar-refractivity contribution in [3.05, 3.63) is 0 Å². The van der Waals surface area contributed by atoms with Crippen LogP contribution >= 0.6 is 0 Å². The fraction of sp³-hybridized carbons (Fsp3) is 1.00. The molecule has 0 amide bonds. The van der Waals surface area contributed by atoms with Crippen LogP contribution in [0.25, 0.3) is 0 Å². The zero-order chi connectivity index (χ0) is 10.6. The van der Waals surface area contributed by atoms with Crippen LogP contribution in [0.3, 0.4) is 0 Å². The third-order valence-electron chi connectivity index (χ3n) is 3.63. The van der Waals surface area contributed by atoms with Gasteiger partial charge in [-0.15, -0.1) is 0 Å². The summed E-state index contributed by atoms with van der Waals surface area (Å²) in [5, 5.41) is 3.38. The van der Waals surface area contributed by atoms with E-state index in [1.54, 1.807) is 0 Å². The minimum absolute atomic E-state index is 0.681. The molecule has 0 aliphatic carbocycles. The highest BCUT2D eigenvalue weighted by atomic mass is 15.2. The molecule has 2 unspecified atom stereocenters. The van der Waals surface area contributed by atoms with E-state index in [2.05, 4.69) is 38.0 Å². The smallest absolute Gasteiger partial charge is 0.0189 e. The fourth-order valence-corrected chi connectivity index (χ4v) is 2.31. The topological polar surface area (TPSA) is 15.3 Å². The van der Waals surface area contributed by atoms with E-state index in [4.69, 9.17) is 0 Å². The molecule has 1 aliphatic rings. The summed E-state index contributed by atoms with van der Waals surface area (Å²) >= 11 is 0. The van der Waals surface area contributed by atoms with Gasteiger partial charge in [0.2, 0.25) is 0 Å². The standard InChI is InChI=1S/C12H26N2/c1-5-12(13-4)9-14-7-6-11(8-14)10(2)3/h10-13H,5-9H2,1-4H3. The van der Waals surface area contributed by atoms with Gasteiger partial charge in [0.25, 0.3) is 0 Å². The first-order valence-electron chi connectivity index (χ1n) is 6.07. The molecule has 0 saturated carbocycles. The Balaban J connectivity index is 2.28. The number of likely N-dealkylation sites (tertiary alicyclic amines) is 1. The Morgan fingerprint density at radius 1 is 1.43 bits per heavy atom. The Kier molecular flexibility index (Phi) is 4.90. The van der Waals surface area contributed by atoms with Gasteiger partial charge < -0.3 is 10.2 Å². The monoisotopic (exact) mass is 198 g/mol. The molecular formula is C12H26N2. The predicted octanol–water partition coefficient (Wildman–Crippen LogP) is 1.96. The molecule has 1 rings (SSSR count). The minimum Gasteiger partial charge on any atom is -0.316 e. The van der Waals surface area contributed by atoms with Crippen molar-refractivity contribution in [3.63, 3.8) is 0 Å². The maximum absolute atomic E-state index is 3.38. The number of hydrogen-bond donors (Lipinski definition) is 1. The quantitative estimate of drug-likeness (QED) is 0.726. The highest BCUT2D eigenvalue weighted by molar-refractivity contribution is 4.80. The molecule has 2 nitrogen and oxygen atoms in total. The second kappa shape index (κ2) is 5.72. The van der Waals surface area contributed by atoms with Crippen LogP contribution in [0, 0.1) is 11.8 Å². The first-order chi connectivity index (χ1) is 6.67. The maximum Gasteiger partial charge on any atom is 0.0189 e. The SMILES string of the molecule is CCC(CN1CCC(C(C)C)C1)NC. The van der Waals surface area contributed by atoms with Crippen LogP contribution in [0.5, 0.6) is 0 Å². The van der Waals surface area contributed by atoms with Crippen molar-refractivity contribution in [2.45, 2.75) is 39.7 Å². The normalized spacial score (nSPS) is 25.9. The van der Waals surface area contributed by atoms with Crippen LogP contribution in [-0.4, -0.2) is 37.6 Å². The first kappa shape index (κ1) is 12.0. The molecule has 2 atom stereocenters. The van der Waals surface area contributed by atoms with Gasteiger partial charge in [-0.05, 0) is 38.3 Å². The van der Waals surface area contributed by atoms with Crippen LogP contribution < -0.4 is 5.32 Å². The molecule has 1 heterocycles. The van der Waals surface area contributed by atoms with Crippen molar-refractivity contribution in [3.8, 4) is 0 Å². The number of rotatable bonds is 5. The van der Waals surface area contributed by atoms with Gasteiger partial charge in [0.05, 0.1) is 0 Å². The zero-order valence-corrected chi connectivity index (χ0v) is 10.2. The lowest BCUT2D eigenvalue weighted by Crippen LogP contribution is -2.38. The van der Waals surface area contributed by atoms with Gasteiger partial charge in [0, 0.05) is 19.1 Å². The third kappa shape index (κ3) is 3.25. The predicted molar refractivity (Wildman–Crippen MR) is 62.5 cm³/mol.